The average molecular weight is 312 g/mol. The van der Waals surface area contributed by atoms with Gasteiger partial charge in [-0.25, -0.2) is 4.90 Å². The Bertz CT molecular complexity index is 788. The molecule has 1 atom stereocenters. The number of aromatic hydroxyl groups is 2. The highest BCUT2D eigenvalue weighted by atomic mass is 16.3. The fourth-order valence-electron chi connectivity index (χ4n) is 2.65. The predicted molar refractivity (Wildman–Crippen MR) is 85.5 cm³/mol. The van der Waals surface area contributed by atoms with E-state index in [1.165, 1.54) is 18.2 Å². The van der Waals surface area contributed by atoms with Gasteiger partial charge in [-0.05, 0) is 42.8 Å². The van der Waals surface area contributed by atoms with Crippen LogP contribution in [0.3, 0.4) is 0 Å². The van der Waals surface area contributed by atoms with Gasteiger partial charge in [0.05, 0.1) is 12.1 Å². The summed E-state index contributed by atoms with van der Waals surface area (Å²) < 4.78 is 0. The number of phenols is 2. The Morgan fingerprint density at radius 1 is 1.09 bits per heavy atom. The van der Waals surface area contributed by atoms with Crippen molar-refractivity contribution in [3.8, 4) is 11.5 Å². The highest BCUT2D eigenvalue weighted by molar-refractivity contribution is 6.23. The van der Waals surface area contributed by atoms with Gasteiger partial charge in [0, 0.05) is 11.8 Å². The Labute approximate surface area is 133 Å². The van der Waals surface area contributed by atoms with Crippen LogP contribution in [-0.2, 0) is 9.59 Å². The van der Waals surface area contributed by atoms with Crippen LogP contribution in [0.2, 0.25) is 0 Å². The standard InChI is InChI=1S/C17H16N2O4/c1-10-7-13(21)5-6-14(10)18-15-9-16(22)19(17(15)23)11-3-2-4-12(20)8-11/h2-8,15,18,20-21H,9H2,1H3. The van der Waals surface area contributed by atoms with Gasteiger partial charge in [-0.15, -0.1) is 0 Å². The third-order valence-electron chi connectivity index (χ3n) is 3.77. The molecule has 0 saturated carbocycles. The molecule has 2 aromatic rings. The molecule has 1 aliphatic rings. The summed E-state index contributed by atoms with van der Waals surface area (Å²) in [6, 6.07) is 10.1. The Hall–Kier alpha value is -3.02. The molecule has 6 heteroatoms. The molecule has 1 fully saturated rings. The fraction of sp³-hybridized carbons (Fsp3) is 0.176. The summed E-state index contributed by atoms with van der Waals surface area (Å²) in [5.41, 5.74) is 1.82. The van der Waals surface area contributed by atoms with Crippen LogP contribution >= 0.6 is 0 Å². The van der Waals surface area contributed by atoms with Crippen molar-refractivity contribution in [3.63, 3.8) is 0 Å². The normalized spacial score (nSPS) is 17.6. The smallest absolute Gasteiger partial charge is 0.256 e. The minimum Gasteiger partial charge on any atom is -0.508 e. The topological polar surface area (TPSA) is 89.9 Å². The number of benzene rings is 2. The van der Waals surface area contributed by atoms with Crippen LogP contribution in [0.5, 0.6) is 11.5 Å². The SMILES string of the molecule is Cc1cc(O)ccc1NC1CC(=O)N(c2cccc(O)c2)C1=O. The van der Waals surface area contributed by atoms with Gasteiger partial charge < -0.3 is 15.5 Å². The average Bonchev–Trinajstić information content (AvgIpc) is 2.76. The number of rotatable bonds is 3. The zero-order chi connectivity index (χ0) is 16.6. The first-order chi connectivity index (χ1) is 11.0. The molecule has 0 bridgehead atoms. The monoisotopic (exact) mass is 312 g/mol. The lowest BCUT2D eigenvalue weighted by Gasteiger charge is -2.17. The molecule has 0 aromatic heterocycles. The first kappa shape index (κ1) is 14.9. The Morgan fingerprint density at radius 3 is 2.52 bits per heavy atom. The van der Waals surface area contributed by atoms with E-state index in [-0.39, 0.29) is 29.7 Å². The van der Waals surface area contributed by atoms with Gasteiger partial charge in [0.2, 0.25) is 5.91 Å². The first-order valence-electron chi connectivity index (χ1n) is 7.17. The maximum Gasteiger partial charge on any atom is 0.256 e. The van der Waals surface area contributed by atoms with E-state index in [4.69, 9.17) is 0 Å². The maximum absolute atomic E-state index is 12.5. The second-order valence-electron chi connectivity index (χ2n) is 5.49. The third kappa shape index (κ3) is 2.83. The minimum atomic E-state index is -0.673. The molecular weight excluding hydrogens is 296 g/mol. The number of phenolic OH excluding ortho intramolecular Hbond substituents is 2. The minimum absolute atomic E-state index is 0.00566. The summed E-state index contributed by atoms with van der Waals surface area (Å²) in [6.07, 6.45) is 0.0365. The van der Waals surface area contributed by atoms with Gasteiger partial charge in [0.15, 0.2) is 0 Å². The van der Waals surface area contributed by atoms with Crippen LogP contribution in [-0.4, -0.2) is 28.1 Å². The van der Waals surface area contributed by atoms with Crippen molar-refractivity contribution in [2.75, 3.05) is 10.2 Å². The van der Waals surface area contributed by atoms with Crippen LogP contribution in [0.25, 0.3) is 0 Å². The summed E-state index contributed by atoms with van der Waals surface area (Å²) >= 11 is 0. The molecule has 1 unspecified atom stereocenters. The third-order valence-corrected chi connectivity index (χ3v) is 3.77. The van der Waals surface area contributed by atoms with E-state index in [9.17, 15) is 19.8 Å². The number of nitrogens with zero attached hydrogens (tertiary/aromatic N) is 1. The molecule has 1 heterocycles. The Balaban J connectivity index is 1.84. The summed E-state index contributed by atoms with van der Waals surface area (Å²) in [4.78, 5) is 25.8. The first-order valence-corrected chi connectivity index (χ1v) is 7.17. The van der Waals surface area contributed by atoms with Crippen molar-refractivity contribution >= 4 is 23.2 Å². The van der Waals surface area contributed by atoms with Crippen LogP contribution < -0.4 is 10.2 Å². The molecule has 1 saturated heterocycles. The zero-order valence-electron chi connectivity index (χ0n) is 12.5. The molecule has 23 heavy (non-hydrogen) atoms. The quantitative estimate of drug-likeness (QED) is 0.597. The van der Waals surface area contributed by atoms with Gasteiger partial charge in [-0.3, -0.25) is 9.59 Å². The Morgan fingerprint density at radius 2 is 1.83 bits per heavy atom. The van der Waals surface area contributed by atoms with Crippen molar-refractivity contribution in [1.29, 1.82) is 0 Å². The van der Waals surface area contributed by atoms with Crippen molar-refractivity contribution in [2.45, 2.75) is 19.4 Å². The molecular formula is C17H16N2O4. The lowest BCUT2D eigenvalue weighted by Crippen LogP contribution is -2.34. The van der Waals surface area contributed by atoms with Crippen molar-refractivity contribution < 1.29 is 19.8 Å². The summed E-state index contributed by atoms with van der Waals surface area (Å²) in [7, 11) is 0. The largest absolute Gasteiger partial charge is 0.508 e. The Kier molecular flexibility index (Phi) is 3.65. The van der Waals surface area contributed by atoms with Gasteiger partial charge in [0.25, 0.3) is 5.91 Å². The maximum atomic E-state index is 12.5. The molecule has 6 nitrogen and oxygen atoms in total. The second-order valence-corrected chi connectivity index (χ2v) is 5.49. The molecule has 2 aromatic carbocycles. The van der Waals surface area contributed by atoms with E-state index < -0.39 is 6.04 Å². The predicted octanol–water partition coefficient (Wildman–Crippen LogP) is 2.15. The van der Waals surface area contributed by atoms with Gasteiger partial charge in [-0.1, -0.05) is 6.07 Å². The lowest BCUT2D eigenvalue weighted by atomic mass is 10.1. The molecule has 118 valence electrons. The fourth-order valence-corrected chi connectivity index (χ4v) is 2.65. The van der Waals surface area contributed by atoms with E-state index in [0.29, 0.717) is 11.4 Å². The molecule has 2 amide bonds. The summed E-state index contributed by atoms with van der Waals surface area (Å²) in [6.45, 7) is 1.80. The number of carbonyl (C=O) groups is 2. The molecule has 0 aliphatic carbocycles. The summed E-state index contributed by atoms with van der Waals surface area (Å²) in [5.74, 6) is -0.556. The highest BCUT2D eigenvalue weighted by Crippen LogP contribution is 2.28. The van der Waals surface area contributed by atoms with Gasteiger partial charge >= 0.3 is 0 Å². The van der Waals surface area contributed by atoms with Gasteiger partial charge in [0.1, 0.15) is 17.5 Å². The molecule has 0 radical (unpaired) electrons. The van der Waals surface area contributed by atoms with Crippen LogP contribution in [0.15, 0.2) is 42.5 Å². The van der Waals surface area contributed by atoms with E-state index in [2.05, 4.69) is 5.32 Å². The number of hydrogen-bond donors (Lipinski definition) is 3. The number of hydrogen-bond acceptors (Lipinski definition) is 5. The lowest BCUT2D eigenvalue weighted by molar-refractivity contribution is -0.121. The van der Waals surface area contributed by atoms with E-state index >= 15 is 0 Å². The van der Waals surface area contributed by atoms with E-state index in [1.54, 1.807) is 31.2 Å². The number of nitrogens with one attached hydrogen (secondary N) is 1. The number of aryl methyl sites for hydroxylation is 1. The van der Waals surface area contributed by atoms with Gasteiger partial charge in [-0.2, -0.15) is 0 Å². The highest BCUT2D eigenvalue weighted by Gasteiger charge is 2.39. The zero-order valence-corrected chi connectivity index (χ0v) is 12.5. The number of amides is 2. The van der Waals surface area contributed by atoms with Crippen molar-refractivity contribution in [2.24, 2.45) is 0 Å². The molecule has 3 rings (SSSR count). The molecule has 0 spiro atoms. The van der Waals surface area contributed by atoms with Crippen LogP contribution in [0.1, 0.15) is 12.0 Å². The number of imide groups is 1. The van der Waals surface area contributed by atoms with E-state index in [1.807, 2.05) is 0 Å². The van der Waals surface area contributed by atoms with Crippen LogP contribution in [0, 0.1) is 6.92 Å². The molecule has 1 aliphatic heterocycles. The number of anilines is 2. The molecule has 3 N–H and O–H groups in total. The van der Waals surface area contributed by atoms with Crippen molar-refractivity contribution in [3.05, 3.63) is 48.0 Å². The number of carbonyl (C=O) groups excluding carboxylic acids is 2. The van der Waals surface area contributed by atoms with Crippen LogP contribution in [0.4, 0.5) is 11.4 Å². The summed E-state index contributed by atoms with van der Waals surface area (Å²) in [5, 5.41) is 22.0. The second kappa shape index (κ2) is 5.64. The van der Waals surface area contributed by atoms with E-state index in [0.717, 1.165) is 10.5 Å². The van der Waals surface area contributed by atoms with Crippen molar-refractivity contribution in [1.82, 2.24) is 0 Å².